The summed E-state index contributed by atoms with van der Waals surface area (Å²) >= 11 is 0. The first-order valence-electron chi connectivity index (χ1n) is 11.6. The number of nitrogens with zero attached hydrogens (tertiary/aromatic N) is 2. The van der Waals surface area contributed by atoms with E-state index in [4.69, 9.17) is 4.74 Å². The largest absolute Gasteiger partial charge is 0.480 e. The minimum Gasteiger partial charge on any atom is -0.480 e. The highest BCUT2D eigenvalue weighted by Crippen LogP contribution is 2.44. The second kappa shape index (κ2) is 9.61. The minimum absolute atomic E-state index is 0.107. The van der Waals surface area contributed by atoms with E-state index in [9.17, 15) is 19.5 Å². The first-order chi connectivity index (χ1) is 17.0. The number of carboxylic acids is 1. The molecule has 1 aliphatic carbocycles. The van der Waals surface area contributed by atoms with E-state index >= 15 is 0 Å². The Morgan fingerprint density at radius 1 is 1.11 bits per heavy atom. The lowest BCUT2D eigenvalue weighted by molar-refractivity contribution is -0.149. The van der Waals surface area contributed by atoms with Crippen molar-refractivity contribution in [3.63, 3.8) is 0 Å². The number of fused-ring (bicyclic) bond motifs is 3. The van der Waals surface area contributed by atoms with E-state index in [0.29, 0.717) is 25.1 Å². The average molecular weight is 475 g/mol. The predicted molar refractivity (Wildman–Crippen MR) is 127 cm³/mol. The third kappa shape index (κ3) is 4.49. The molecule has 9 heteroatoms. The summed E-state index contributed by atoms with van der Waals surface area (Å²) in [5, 5.41) is 12.2. The number of imidazole rings is 1. The van der Waals surface area contributed by atoms with E-state index in [1.807, 2.05) is 36.4 Å². The molecule has 1 saturated heterocycles. The third-order valence-electron chi connectivity index (χ3n) is 6.73. The fourth-order valence-corrected chi connectivity index (χ4v) is 5.09. The number of carbonyl (C=O) groups is 3. The lowest BCUT2D eigenvalue weighted by Gasteiger charge is -2.27. The van der Waals surface area contributed by atoms with Crippen LogP contribution in [0.25, 0.3) is 11.1 Å². The molecule has 0 saturated carbocycles. The standard InChI is InChI=1S/C26H26N4O5/c31-24(30-11-5-10-23(30)25(32)33)22(12-16-13-27-15-28-16)29-26(34)35-14-21-19-8-3-1-6-17(19)18-7-2-4-9-20(18)21/h1-4,6-9,13,15,21-23H,5,10-12,14H2,(H,27,28)(H,29,34)(H,32,33)/t22-,23?/m0/s1. The molecule has 2 aliphatic rings. The highest BCUT2D eigenvalue weighted by atomic mass is 16.5. The van der Waals surface area contributed by atoms with E-state index in [2.05, 4.69) is 27.4 Å². The number of benzene rings is 2. The first-order valence-corrected chi connectivity index (χ1v) is 11.6. The van der Waals surface area contributed by atoms with Crippen molar-refractivity contribution in [2.24, 2.45) is 0 Å². The summed E-state index contributed by atoms with van der Waals surface area (Å²) in [6.07, 6.45) is 3.47. The number of H-pyrrole nitrogens is 1. The summed E-state index contributed by atoms with van der Waals surface area (Å²) in [5.41, 5.74) is 5.07. The first kappa shape index (κ1) is 22.6. The number of amides is 2. The van der Waals surface area contributed by atoms with Gasteiger partial charge in [0.05, 0.1) is 6.33 Å². The Morgan fingerprint density at radius 3 is 2.43 bits per heavy atom. The number of carboxylic acid groups (broad SMARTS) is 1. The van der Waals surface area contributed by atoms with Crippen LogP contribution in [-0.2, 0) is 20.7 Å². The lowest BCUT2D eigenvalue weighted by atomic mass is 9.98. The smallest absolute Gasteiger partial charge is 0.407 e. The molecular formula is C26H26N4O5. The van der Waals surface area contributed by atoms with Crippen molar-refractivity contribution in [3.05, 3.63) is 77.9 Å². The molecule has 0 radical (unpaired) electrons. The number of alkyl carbamates (subject to hydrolysis) is 1. The van der Waals surface area contributed by atoms with Crippen LogP contribution < -0.4 is 5.32 Å². The van der Waals surface area contributed by atoms with Gasteiger partial charge in [0.1, 0.15) is 18.7 Å². The number of aliphatic carboxylic acids is 1. The quantitative estimate of drug-likeness (QED) is 0.484. The normalized spacial score (nSPS) is 17.5. The van der Waals surface area contributed by atoms with Gasteiger partial charge in [-0.2, -0.15) is 0 Å². The zero-order valence-electron chi connectivity index (χ0n) is 19.0. The van der Waals surface area contributed by atoms with Gasteiger partial charge in [0, 0.05) is 30.8 Å². The van der Waals surface area contributed by atoms with Crippen molar-refractivity contribution in [1.82, 2.24) is 20.2 Å². The summed E-state index contributed by atoms with van der Waals surface area (Å²) in [6, 6.07) is 14.2. The maximum Gasteiger partial charge on any atom is 0.407 e. The van der Waals surface area contributed by atoms with Gasteiger partial charge in [-0.05, 0) is 35.1 Å². The minimum atomic E-state index is -1.04. The molecule has 0 spiro atoms. The Labute approximate surface area is 202 Å². The molecule has 9 nitrogen and oxygen atoms in total. The number of likely N-dealkylation sites (tertiary alicyclic amines) is 1. The number of ether oxygens (including phenoxy) is 1. The van der Waals surface area contributed by atoms with Crippen molar-refractivity contribution >= 4 is 18.0 Å². The monoisotopic (exact) mass is 474 g/mol. The number of aromatic amines is 1. The van der Waals surface area contributed by atoms with E-state index in [-0.39, 0.29) is 18.9 Å². The van der Waals surface area contributed by atoms with Gasteiger partial charge in [0.2, 0.25) is 5.91 Å². The van der Waals surface area contributed by atoms with Crippen LogP contribution in [0.4, 0.5) is 4.79 Å². The van der Waals surface area contributed by atoms with E-state index in [1.54, 1.807) is 6.20 Å². The van der Waals surface area contributed by atoms with E-state index < -0.39 is 30.1 Å². The van der Waals surface area contributed by atoms with Crippen LogP contribution in [0.3, 0.4) is 0 Å². The molecule has 1 fully saturated rings. The number of hydrogen-bond acceptors (Lipinski definition) is 5. The van der Waals surface area contributed by atoms with Crippen LogP contribution in [0.5, 0.6) is 0 Å². The zero-order valence-corrected chi connectivity index (χ0v) is 19.0. The van der Waals surface area contributed by atoms with Crippen LogP contribution in [0.15, 0.2) is 61.1 Å². The van der Waals surface area contributed by atoms with Crippen molar-refractivity contribution in [3.8, 4) is 11.1 Å². The van der Waals surface area contributed by atoms with Crippen LogP contribution >= 0.6 is 0 Å². The van der Waals surface area contributed by atoms with Gasteiger partial charge in [-0.25, -0.2) is 14.6 Å². The second-order valence-electron chi connectivity index (χ2n) is 8.83. The summed E-state index contributed by atoms with van der Waals surface area (Å²) in [6.45, 7) is 0.452. The van der Waals surface area contributed by atoms with Crippen LogP contribution in [0, 0.1) is 0 Å². The average Bonchev–Trinajstić information content (AvgIpc) is 3.61. The molecule has 2 aromatic carbocycles. The fourth-order valence-electron chi connectivity index (χ4n) is 5.09. The molecule has 2 amide bonds. The summed E-state index contributed by atoms with van der Waals surface area (Å²) in [4.78, 5) is 45.9. The van der Waals surface area contributed by atoms with Gasteiger partial charge in [-0.15, -0.1) is 0 Å². The highest BCUT2D eigenvalue weighted by molar-refractivity contribution is 5.90. The predicted octanol–water partition coefficient (Wildman–Crippen LogP) is 2.94. The molecule has 35 heavy (non-hydrogen) atoms. The van der Waals surface area contributed by atoms with Gasteiger partial charge < -0.3 is 25.0 Å². The summed E-state index contributed by atoms with van der Waals surface area (Å²) in [5.74, 6) is -1.60. The van der Waals surface area contributed by atoms with Gasteiger partial charge in [-0.3, -0.25) is 4.79 Å². The topological polar surface area (TPSA) is 125 Å². The number of nitrogens with one attached hydrogen (secondary N) is 2. The number of carbonyl (C=O) groups excluding carboxylic acids is 2. The van der Waals surface area contributed by atoms with Crippen molar-refractivity contribution in [2.45, 2.75) is 37.3 Å². The number of rotatable bonds is 7. The maximum absolute atomic E-state index is 13.3. The van der Waals surface area contributed by atoms with E-state index in [0.717, 1.165) is 22.3 Å². The highest BCUT2D eigenvalue weighted by Gasteiger charge is 2.38. The molecule has 5 rings (SSSR count). The van der Waals surface area contributed by atoms with Crippen molar-refractivity contribution in [1.29, 1.82) is 0 Å². The van der Waals surface area contributed by atoms with Crippen molar-refractivity contribution in [2.75, 3.05) is 13.2 Å². The second-order valence-corrected chi connectivity index (χ2v) is 8.83. The summed E-state index contributed by atoms with van der Waals surface area (Å²) < 4.78 is 5.61. The molecule has 2 heterocycles. The van der Waals surface area contributed by atoms with Gasteiger partial charge in [0.15, 0.2) is 0 Å². The van der Waals surface area contributed by atoms with Crippen LogP contribution in [-0.4, -0.2) is 63.2 Å². The molecule has 180 valence electrons. The molecule has 1 aromatic heterocycles. The molecule has 1 unspecified atom stereocenters. The van der Waals surface area contributed by atoms with Crippen molar-refractivity contribution < 1.29 is 24.2 Å². The van der Waals surface area contributed by atoms with Gasteiger partial charge in [0.25, 0.3) is 0 Å². The molecule has 0 bridgehead atoms. The van der Waals surface area contributed by atoms with Gasteiger partial charge in [-0.1, -0.05) is 48.5 Å². The summed E-state index contributed by atoms with van der Waals surface area (Å²) in [7, 11) is 0. The SMILES string of the molecule is O=C(N[C@@H](Cc1cnc[nH]1)C(=O)N1CCCC1C(=O)O)OCC1c2ccccc2-c2ccccc21. The molecule has 2 atom stereocenters. The molecule has 3 N–H and O–H groups in total. The van der Waals surface area contributed by atoms with E-state index in [1.165, 1.54) is 11.2 Å². The number of hydrogen-bond donors (Lipinski definition) is 3. The Hall–Kier alpha value is -4.14. The molecule has 1 aliphatic heterocycles. The van der Waals surface area contributed by atoms with Crippen LogP contribution in [0.1, 0.15) is 35.6 Å². The Bertz CT molecular complexity index is 1200. The Morgan fingerprint density at radius 2 is 1.80 bits per heavy atom. The molecule has 3 aromatic rings. The number of aromatic nitrogens is 2. The lowest BCUT2D eigenvalue weighted by Crippen LogP contribution is -2.52. The van der Waals surface area contributed by atoms with Crippen LogP contribution in [0.2, 0.25) is 0 Å². The fraction of sp³-hybridized carbons (Fsp3) is 0.308. The maximum atomic E-state index is 13.3. The Balaban J connectivity index is 1.30. The molecular weight excluding hydrogens is 448 g/mol. The Kier molecular flexibility index (Phi) is 6.22. The van der Waals surface area contributed by atoms with Gasteiger partial charge >= 0.3 is 12.1 Å². The zero-order chi connectivity index (χ0) is 24.4. The third-order valence-corrected chi connectivity index (χ3v) is 6.73.